The number of halogens is 2. The summed E-state index contributed by atoms with van der Waals surface area (Å²) in [4.78, 5) is 17.8. The number of carbonyl (C=O) groups excluding carboxylic acids is 1. The van der Waals surface area contributed by atoms with Crippen molar-refractivity contribution in [1.82, 2.24) is 20.1 Å². The van der Waals surface area contributed by atoms with Crippen LogP contribution in [0.3, 0.4) is 0 Å². The topological polar surface area (TPSA) is 85.8 Å². The highest BCUT2D eigenvalue weighted by molar-refractivity contribution is 6.06. The molecule has 2 aromatic heterocycles. The van der Waals surface area contributed by atoms with Crippen molar-refractivity contribution in [1.29, 1.82) is 0 Å². The average Bonchev–Trinajstić information content (AvgIpc) is 3.44. The number of rotatable bonds is 6. The van der Waals surface area contributed by atoms with Crippen molar-refractivity contribution in [3.8, 4) is 11.3 Å². The van der Waals surface area contributed by atoms with Gasteiger partial charge < -0.3 is 11.1 Å². The molecule has 1 unspecified atom stereocenters. The Balaban J connectivity index is 0.00000160. The fourth-order valence-corrected chi connectivity index (χ4v) is 3.45. The number of aromatic nitrogens is 3. The molecule has 0 spiro atoms. The molecule has 2 heterocycles. The Kier molecular flexibility index (Phi) is 7.86. The van der Waals surface area contributed by atoms with E-state index in [1.807, 2.05) is 22.9 Å². The van der Waals surface area contributed by atoms with Crippen LogP contribution in [0.1, 0.15) is 48.7 Å². The molecule has 1 fully saturated rings. The number of pyridine rings is 1. The number of nitrogens with zero attached hydrogens (tertiary/aromatic N) is 3. The van der Waals surface area contributed by atoms with Gasteiger partial charge in [0.05, 0.1) is 22.8 Å². The Labute approximate surface area is 189 Å². The molecule has 1 aromatic carbocycles. The van der Waals surface area contributed by atoms with E-state index < -0.39 is 0 Å². The summed E-state index contributed by atoms with van der Waals surface area (Å²) in [6.45, 7) is 6.66. The Morgan fingerprint density at radius 1 is 1.23 bits per heavy atom. The molecular weight excluding hydrogens is 421 g/mol. The SMILES string of the molecule is Cc1ccc(-c2cc(C(=O)NCC(N)C3CC3)c3cnn(C(C)C)c3n2)cc1.Cl.Cl. The van der Waals surface area contributed by atoms with Gasteiger partial charge in [0, 0.05) is 24.2 Å². The lowest BCUT2D eigenvalue weighted by molar-refractivity contribution is 0.0952. The van der Waals surface area contributed by atoms with Gasteiger partial charge in [0.25, 0.3) is 5.91 Å². The fourth-order valence-electron chi connectivity index (χ4n) is 3.45. The van der Waals surface area contributed by atoms with E-state index in [4.69, 9.17) is 10.7 Å². The largest absolute Gasteiger partial charge is 0.350 e. The van der Waals surface area contributed by atoms with Gasteiger partial charge in [-0.05, 0) is 45.6 Å². The van der Waals surface area contributed by atoms with Crippen molar-refractivity contribution in [2.45, 2.75) is 45.7 Å². The number of hydrogen-bond donors (Lipinski definition) is 2. The normalized spacial score (nSPS) is 14.2. The van der Waals surface area contributed by atoms with E-state index >= 15 is 0 Å². The van der Waals surface area contributed by atoms with E-state index in [0.717, 1.165) is 35.1 Å². The predicted molar refractivity (Wildman–Crippen MR) is 126 cm³/mol. The van der Waals surface area contributed by atoms with E-state index in [1.54, 1.807) is 6.20 Å². The van der Waals surface area contributed by atoms with Gasteiger partial charge in [-0.25, -0.2) is 9.67 Å². The zero-order valence-electron chi connectivity index (χ0n) is 17.5. The number of nitrogens with two attached hydrogens (primary N) is 1. The number of aryl methyl sites for hydroxylation is 1. The predicted octanol–water partition coefficient (Wildman–Crippen LogP) is 4.30. The highest BCUT2D eigenvalue weighted by atomic mass is 35.5. The summed E-state index contributed by atoms with van der Waals surface area (Å²) in [5.41, 5.74) is 10.4. The van der Waals surface area contributed by atoms with E-state index in [0.29, 0.717) is 18.0 Å². The van der Waals surface area contributed by atoms with Gasteiger partial charge in [0.15, 0.2) is 5.65 Å². The lowest BCUT2D eigenvalue weighted by Gasteiger charge is -2.13. The molecule has 4 rings (SSSR count). The first kappa shape index (κ1) is 24.1. The molecule has 0 saturated heterocycles. The lowest BCUT2D eigenvalue weighted by atomic mass is 10.0. The van der Waals surface area contributed by atoms with Gasteiger partial charge in [0.2, 0.25) is 0 Å². The summed E-state index contributed by atoms with van der Waals surface area (Å²) >= 11 is 0. The van der Waals surface area contributed by atoms with E-state index in [9.17, 15) is 4.79 Å². The van der Waals surface area contributed by atoms with Crippen molar-refractivity contribution in [3.63, 3.8) is 0 Å². The number of hydrogen-bond acceptors (Lipinski definition) is 4. The number of benzene rings is 1. The van der Waals surface area contributed by atoms with E-state index in [-0.39, 0.29) is 42.8 Å². The van der Waals surface area contributed by atoms with Crippen LogP contribution in [0.4, 0.5) is 0 Å². The van der Waals surface area contributed by atoms with Crippen LogP contribution in [0.15, 0.2) is 36.5 Å². The highest BCUT2D eigenvalue weighted by Gasteiger charge is 2.29. The molecule has 8 heteroatoms. The number of fused-ring (bicyclic) bond motifs is 1. The van der Waals surface area contributed by atoms with E-state index in [2.05, 4.69) is 43.3 Å². The zero-order chi connectivity index (χ0) is 19.8. The Morgan fingerprint density at radius 2 is 1.90 bits per heavy atom. The quantitative estimate of drug-likeness (QED) is 0.587. The highest BCUT2D eigenvalue weighted by Crippen LogP contribution is 2.31. The molecule has 0 radical (unpaired) electrons. The molecule has 1 atom stereocenters. The van der Waals surface area contributed by atoms with Gasteiger partial charge in [-0.15, -0.1) is 24.8 Å². The smallest absolute Gasteiger partial charge is 0.252 e. The number of amides is 1. The third-order valence-corrected chi connectivity index (χ3v) is 5.37. The second kappa shape index (κ2) is 9.77. The van der Waals surface area contributed by atoms with Crippen LogP contribution in [0.5, 0.6) is 0 Å². The Morgan fingerprint density at radius 3 is 2.50 bits per heavy atom. The fraction of sp³-hybridized carbons (Fsp3) is 0.409. The van der Waals surface area contributed by atoms with Gasteiger partial charge in [-0.3, -0.25) is 4.79 Å². The average molecular weight is 450 g/mol. The molecule has 1 amide bonds. The second-order valence-corrected chi connectivity index (χ2v) is 8.05. The molecule has 6 nitrogen and oxygen atoms in total. The summed E-state index contributed by atoms with van der Waals surface area (Å²) in [6.07, 6.45) is 4.06. The minimum absolute atomic E-state index is 0. The molecule has 1 aliphatic rings. The van der Waals surface area contributed by atoms with Gasteiger partial charge in [-0.2, -0.15) is 5.10 Å². The van der Waals surface area contributed by atoms with Crippen molar-refractivity contribution in [3.05, 3.63) is 47.7 Å². The van der Waals surface area contributed by atoms with Crippen LogP contribution in [0, 0.1) is 12.8 Å². The third-order valence-electron chi connectivity index (χ3n) is 5.37. The van der Waals surface area contributed by atoms with Gasteiger partial charge in [0.1, 0.15) is 0 Å². The maximum atomic E-state index is 13.0. The Bertz CT molecular complexity index is 1010. The molecule has 30 heavy (non-hydrogen) atoms. The minimum Gasteiger partial charge on any atom is -0.350 e. The summed E-state index contributed by atoms with van der Waals surface area (Å²) in [5, 5.41) is 8.25. The monoisotopic (exact) mass is 449 g/mol. The number of nitrogens with one attached hydrogen (secondary N) is 1. The van der Waals surface area contributed by atoms with Crippen LogP contribution in [-0.2, 0) is 0 Å². The molecule has 0 aliphatic heterocycles. The van der Waals surface area contributed by atoms with Crippen molar-refractivity contribution < 1.29 is 4.79 Å². The first-order valence-electron chi connectivity index (χ1n) is 9.93. The second-order valence-electron chi connectivity index (χ2n) is 8.05. The number of carbonyl (C=O) groups is 1. The van der Waals surface area contributed by atoms with Gasteiger partial charge >= 0.3 is 0 Å². The van der Waals surface area contributed by atoms with Crippen LogP contribution in [0.2, 0.25) is 0 Å². The summed E-state index contributed by atoms with van der Waals surface area (Å²) in [5.74, 6) is 0.421. The van der Waals surface area contributed by atoms with Crippen molar-refractivity contribution >= 4 is 41.8 Å². The van der Waals surface area contributed by atoms with Crippen LogP contribution in [-0.4, -0.2) is 33.3 Å². The summed E-state index contributed by atoms with van der Waals surface area (Å²) in [7, 11) is 0. The Hall–Kier alpha value is -2.15. The van der Waals surface area contributed by atoms with Gasteiger partial charge in [-0.1, -0.05) is 29.8 Å². The van der Waals surface area contributed by atoms with Crippen molar-refractivity contribution in [2.24, 2.45) is 11.7 Å². The van der Waals surface area contributed by atoms with Crippen LogP contribution >= 0.6 is 24.8 Å². The molecule has 3 N–H and O–H groups in total. The maximum Gasteiger partial charge on any atom is 0.252 e. The molecule has 0 bridgehead atoms. The van der Waals surface area contributed by atoms with E-state index in [1.165, 1.54) is 5.56 Å². The summed E-state index contributed by atoms with van der Waals surface area (Å²) in [6, 6.07) is 10.2. The first-order valence-corrected chi connectivity index (χ1v) is 9.93. The minimum atomic E-state index is -0.125. The van der Waals surface area contributed by atoms with Crippen molar-refractivity contribution in [2.75, 3.05) is 6.54 Å². The maximum absolute atomic E-state index is 13.0. The molecule has 3 aromatic rings. The molecular formula is C22H29Cl2N5O. The van der Waals surface area contributed by atoms with Crippen LogP contribution < -0.4 is 11.1 Å². The van der Waals surface area contributed by atoms with Crippen LogP contribution in [0.25, 0.3) is 22.3 Å². The molecule has 1 saturated carbocycles. The third kappa shape index (κ3) is 4.94. The molecule has 1 aliphatic carbocycles. The lowest BCUT2D eigenvalue weighted by Crippen LogP contribution is -2.38. The first-order chi connectivity index (χ1) is 13.4. The standard InChI is InChI=1S/C22H27N5O.2ClH/c1-13(2)27-21-18(11-25-27)17(22(28)24-12-19(23)15-8-9-15)10-20(26-21)16-6-4-14(3)5-7-16;;/h4-7,10-11,13,15,19H,8-9,12,23H2,1-3H3,(H,24,28);2*1H. The zero-order valence-corrected chi connectivity index (χ0v) is 19.1. The molecule has 162 valence electrons. The summed E-state index contributed by atoms with van der Waals surface area (Å²) < 4.78 is 1.86.